The van der Waals surface area contributed by atoms with Crippen LogP contribution in [0.3, 0.4) is 0 Å². The summed E-state index contributed by atoms with van der Waals surface area (Å²) in [7, 11) is 0. The van der Waals surface area contributed by atoms with Gasteiger partial charge in [-0.3, -0.25) is 15.0 Å². The number of rotatable bonds is 3. The topological polar surface area (TPSA) is 87.7 Å². The molecule has 2 fully saturated rings. The summed E-state index contributed by atoms with van der Waals surface area (Å²) in [5.74, 6) is -2.27. The third-order valence-corrected chi connectivity index (χ3v) is 4.34. The van der Waals surface area contributed by atoms with Crippen LogP contribution in [0.25, 0.3) is 0 Å². The molecule has 0 spiro atoms. The summed E-state index contributed by atoms with van der Waals surface area (Å²) in [5.41, 5.74) is 2.25. The number of nitrogens with zero attached hydrogens (tertiary/aromatic N) is 1. The van der Waals surface area contributed by atoms with Gasteiger partial charge in [0.1, 0.15) is 0 Å². The van der Waals surface area contributed by atoms with Crippen molar-refractivity contribution >= 4 is 17.8 Å². The Balaban J connectivity index is 1.79. The minimum absolute atomic E-state index is 0.0459. The molecule has 0 aromatic heterocycles. The number of hydrogen-bond acceptors (Lipinski definition) is 6. The van der Waals surface area contributed by atoms with Gasteiger partial charge in [0, 0.05) is 12.8 Å². The van der Waals surface area contributed by atoms with Crippen molar-refractivity contribution < 1.29 is 32.4 Å². The normalized spacial score (nSPS) is 26.6. The van der Waals surface area contributed by atoms with E-state index in [4.69, 9.17) is 4.84 Å². The summed E-state index contributed by atoms with van der Waals surface area (Å²) in [4.78, 5) is 39.5. The van der Waals surface area contributed by atoms with Gasteiger partial charge in [-0.15, -0.1) is 5.06 Å². The first-order valence-corrected chi connectivity index (χ1v) is 7.45. The Morgan fingerprint density at radius 2 is 1.76 bits per heavy atom. The van der Waals surface area contributed by atoms with Crippen LogP contribution in [0.15, 0.2) is 24.3 Å². The van der Waals surface area contributed by atoms with E-state index in [-0.39, 0.29) is 24.0 Å². The Hall–Kier alpha value is -2.46. The third-order valence-electron chi connectivity index (χ3n) is 4.34. The first-order valence-electron chi connectivity index (χ1n) is 7.45. The van der Waals surface area contributed by atoms with Crippen molar-refractivity contribution in [1.82, 2.24) is 15.9 Å². The lowest BCUT2D eigenvalue weighted by Gasteiger charge is -2.50. The SMILES string of the molecule is CC1NNC1(c1ccc(C(=O)ON2C(=O)CCC2=O)cc1)C(F)(F)F. The number of carbonyl (C=O) groups excluding carboxylic acids is 3. The van der Waals surface area contributed by atoms with Crippen LogP contribution in [0.4, 0.5) is 13.2 Å². The Morgan fingerprint density at radius 3 is 2.16 bits per heavy atom. The molecule has 2 N–H and O–H groups in total. The van der Waals surface area contributed by atoms with Gasteiger partial charge in [-0.25, -0.2) is 10.2 Å². The summed E-state index contributed by atoms with van der Waals surface area (Å²) in [6.45, 7) is 1.39. The lowest BCUT2D eigenvalue weighted by Crippen LogP contribution is -2.79. The molecular weight excluding hydrogens is 343 g/mol. The fourth-order valence-corrected chi connectivity index (χ4v) is 2.83. The van der Waals surface area contributed by atoms with Gasteiger partial charge in [-0.05, 0) is 24.6 Å². The van der Waals surface area contributed by atoms with E-state index < -0.39 is 35.5 Å². The van der Waals surface area contributed by atoms with Gasteiger partial charge in [-0.1, -0.05) is 12.1 Å². The zero-order chi connectivity index (χ0) is 18.4. The number of amides is 2. The number of carbonyl (C=O) groups is 3. The first-order chi connectivity index (χ1) is 11.7. The Bertz CT molecular complexity index is 719. The second-order valence-corrected chi connectivity index (χ2v) is 5.83. The molecule has 2 unspecified atom stereocenters. The van der Waals surface area contributed by atoms with Crippen molar-refractivity contribution in [1.29, 1.82) is 0 Å². The quantitative estimate of drug-likeness (QED) is 0.790. The maximum atomic E-state index is 13.4. The van der Waals surface area contributed by atoms with Crippen molar-refractivity contribution in [2.24, 2.45) is 0 Å². The van der Waals surface area contributed by atoms with Crippen LogP contribution in [0, 0.1) is 0 Å². The summed E-state index contributed by atoms with van der Waals surface area (Å²) < 4.78 is 40.3. The summed E-state index contributed by atoms with van der Waals surface area (Å²) in [6, 6.07) is 3.72. The number of hydrogen-bond donors (Lipinski definition) is 2. The van der Waals surface area contributed by atoms with Crippen molar-refractivity contribution in [2.45, 2.75) is 37.5 Å². The van der Waals surface area contributed by atoms with E-state index >= 15 is 0 Å². The molecule has 10 heteroatoms. The van der Waals surface area contributed by atoms with Gasteiger partial charge in [-0.2, -0.15) is 13.2 Å². The fraction of sp³-hybridized carbons (Fsp3) is 0.400. The Labute approximate surface area is 140 Å². The van der Waals surface area contributed by atoms with E-state index in [0.717, 1.165) is 24.3 Å². The number of alkyl halides is 3. The third kappa shape index (κ3) is 2.67. The van der Waals surface area contributed by atoms with E-state index in [9.17, 15) is 27.6 Å². The molecule has 7 nitrogen and oxygen atoms in total. The van der Waals surface area contributed by atoms with Crippen LogP contribution in [0.1, 0.15) is 35.7 Å². The van der Waals surface area contributed by atoms with E-state index in [1.165, 1.54) is 6.92 Å². The van der Waals surface area contributed by atoms with Crippen molar-refractivity contribution in [3.8, 4) is 0 Å². The maximum Gasteiger partial charge on any atom is 0.413 e. The molecule has 2 aliphatic heterocycles. The van der Waals surface area contributed by atoms with Crippen LogP contribution in [-0.2, 0) is 20.0 Å². The minimum Gasteiger partial charge on any atom is -0.325 e. The number of hydrazine groups is 1. The molecule has 0 radical (unpaired) electrons. The van der Waals surface area contributed by atoms with Crippen molar-refractivity contribution in [2.75, 3.05) is 0 Å². The number of benzene rings is 1. The number of hydroxylamine groups is 2. The van der Waals surface area contributed by atoms with Crippen LogP contribution < -0.4 is 10.9 Å². The highest BCUT2D eigenvalue weighted by Gasteiger charge is 2.64. The average Bonchev–Trinajstić information content (AvgIpc) is 2.85. The summed E-state index contributed by atoms with van der Waals surface area (Å²) >= 11 is 0. The van der Waals surface area contributed by atoms with E-state index in [1.807, 2.05) is 0 Å². The minimum atomic E-state index is -4.55. The summed E-state index contributed by atoms with van der Waals surface area (Å²) in [6.07, 6.45) is -4.64. The Kier molecular flexibility index (Phi) is 4.04. The van der Waals surface area contributed by atoms with Gasteiger partial charge >= 0.3 is 12.1 Å². The largest absolute Gasteiger partial charge is 0.413 e. The zero-order valence-corrected chi connectivity index (χ0v) is 13.0. The van der Waals surface area contributed by atoms with Gasteiger partial charge in [0.2, 0.25) is 0 Å². The van der Waals surface area contributed by atoms with Crippen molar-refractivity contribution in [3.05, 3.63) is 35.4 Å². The Morgan fingerprint density at radius 1 is 1.20 bits per heavy atom. The predicted octanol–water partition coefficient (Wildman–Crippen LogP) is 1.16. The molecule has 2 amide bonds. The van der Waals surface area contributed by atoms with Crippen LogP contribution in [0.5, 0.6) is 0 Å². The molecule has 2 aliphatic rings. The number of nitrogens with one attached hydrogen (secondary N) is 2. The second kappa shape index (κ2) is 5.81. The van der Waals surface area contributed by atoms with Gasteiger partial charge in [0.05, 0.1) is 11.6 Å². The summed E-state index contributed by atoms with van der Waals surface area (Å²) in [5, 5.41) is 0.382. The van der Waals surface area contributed by atoms with Gasteiger partial charge < -0.3 is 4.84 Å². The molecular formula is C15H14F3N3O4. The number of halogens is 3. The molecule has 2 saturated heterocycles. The highest BCUT2D eigenvalue weighted by molar-refractivity contribution is 6.02. The average molecular weight is 357 g/mol. The molecule has 3 rings (SSSR count). The van der Waals surface area contributed by atoms with Gasteiger partial charge in [0.25, 0.3) is 11.8 Å². The molecule has 134 valence electrons. The fourth-order valence-electron chi connectivity index (χ4n) is 2.83. The highest BCUT2D eigenvalue weighted by Crippen LogP contribution is 2.44. The molecule has 0 bridgehead atoms. The highest BCUT2D eigenvalue weighted by atomic mass is 19.4. The van der Waals surface area contributed by atoms with Crippen LogP contribution in [0.2, 0.25) is 0 Å². The molecule has 0 saturated carbocycles. The monoisotopic (exact) mass is 357 g/mol. The van der Waals surface area contributed by atoms with E-state index in [0.29, 0.717) is 5.06 Å². The lowest BCUT2D eigenvalue weighted by molar-refractivity contribution is -0.241. The molecule has 2 heterocycles. The van der Waals surface area contributed by atoms with Crippen LogP contribution in [-0.4, -0.2) is 35.1 Å². The zero-order valence-electron chi connectivity index (χ0n) is 13.0. The second-order valence-electron chi connectivity index (χ2n) is 5.83. The van der Waals surface area contributed by atoms with E-state index in [1.54, 1.807) is 0 Å². The molecule has 25 heavy (non-hydrogen) atoms. The molecule has 2 atom stereocenters. The van der Waals surface area contributed by atoms with E-state index in [2.05, 4.69) is 10.9 Å². The first kappa shape index (κ1) is 17.4. The maximum absolute atomic E-state index is 13.4. The predicted molar refractivity (Wildman–Crippen MR) is 76.4 cm³/mol. The standard InChI is InChI=1S/C15H14F3N3O4/c1-8-14(20-19-8,15(16,17)18)10-4-2-9(3-5-10)13(24)25-21-11(22)6-7-12(21)23/h2-5,8,19-20H,6-7H2,1H3. The van der Waals surface area contributed by atoms with Gasteiger partial charge in [0.15, 0.2) is 5.54 Å². The molecule has 1 aromatic carbocycles. The lowest BCUT2D eigenvalue weighted by atomic mass is 9.80. The number of imide groups is 1. The molecule has 0 aliphatic carbocycles. The molecule has 1 aromatic rings. The smallest absolute Gasteiger partial charge is 0.325 e. The van der Waals surface area contributed by atoms with Crippen LogP contribution >= 0.6 is 0 Å². The van der Waals surface area contributed by atoms with Crippen molar-refractivity contribution in [3.63, 3.8) is 0 Å².